The lowest BCUT2D eigenvalue weighted by Crippen LogP contribution is -2.49. The molecule has 0 aromatic carbocycles. The minimum atomic E-state index is -0.0280. The number of hydrogen-bond donors (Lipinski definition) is 1. The fourth-order valence-electron chi connectivity index (χ4n) is 4.38. The van der Waals surface area contributed by atoms with E-state index < -0.39 is 0 Å². The van der Waals surface area contributed by atoms with Crippen LogP contribution in [0.25, 0.3) is 0 Å². The second-order valence-electron chi connectivity index (χ2n) is 7.05. The van der Waals surface area contributed by atoms with Crippen molar-refractivity contribution in [2.75, 3.05) is 26.2 Å². The number of nitrogens with zero attached hydrogens (tertiary/aromatic N) is 2. The standard InChI is InChI=1S/C17H29N3O2/c21-16(19-10-4-1-5-11-19)13-18-17(22)20-12-6-9-15(20)14-7-2-3-8-14/h14-15H,1-13H2,(H,18,22)/t15-/m0/s1. The monoisotopic (exact) mass is 307 g/mol. The van der Waals surface area contributed by atoms with Crippen molar-refractivity contribution in [3.05, 3.63) is 0 Å². The molecule has 2 saturated heterocycles. The summed E-state index contributed by atoms with van der Waals surface area (Å²) in [6.07, 6.45) is 10.8. The normalized spacial score (nSPS) is 26.5. The van der Waals surface area contributed by atoms with E-state index in [0.717, 1.165) is 45.3 Å². The van der Waals surface area contributed by atoms with Gasteiger partial charge in [0.2, 0.25) is 5.91 Å². The zero-order valence-electron chi connectivity index (χ0n) is 13.6. The Labute approximate surface area is 133 Å². The molecule has 2 heterocycles. The Bertz CT molecular complexity index is 401. The largest absolute Gasteiger partial charge is 0.341 e. The van der Waals surface area contributed by atoms with Gasteiger partial charge in [0.05, 0.1) is 6.54 Å². The van der Waals surface area contributed by atoms with Crippen LogP contribution in [0.1, 0.15) is 57.8 Å². The molecule has 3 fully saturated rings. The third-order valence-electron chi connectivity index (χ3n) is 5.60. The Morgan fingerprint density at radius 2 is 1.59 bits per heavy atom. The predicted octanol–water partition coefficient (Wildman–Crippen LogP) is 2.36. The van der Waals surface area contributed by atoms with Crippen molar-refractivity contribution in [3.63, 3.8) is 0 Å². The molecule has 1 aliphatic carbocycles. The Kier molecular flexibility index (Phi) is 5.21. The van der Waals surface area contributed by atoms with E-state index in [0.29, 0.717) is 12.0 Å². The van der Waals surface area contributed by atoms with Crippen LogP contribution in [0.2, 0.25) is 0 Å². The summed E-state index contributed by atoms with van der Waals surface area (Å²) in [4.78, 5) is 28.5. The molecule has 22 heavy (non-hydrogen) atoms. The van der Waals surface area contributed by atoms with Crippen LogP contribution in [0.5, 0.6) is 0 Å². The summed E-state index contributed by atoms with van der Waals surface area (Å²) in [5.41, 5.74) is 0. The smallest absolute Gasteiger partial charge is 0.318 e. The fourth-order valence-corrected chi connectivity index (χ4v) is 4.38. The first kappa shape index (κ1) is 15.6. The molecule has 124 valence electrons. The van der Waals surface area contributed by atoms with Gasteiger partial charge in [-0.3, -0.25) is 4.79 Å². The topological polar surface area (TPSA) is 52.7 Å². The SMILES string of the molecule is O=C(CNC(=O)N1CCC[C@H]1C1CCCC1)N1CCCCC1. The lowest BCUT2D eigenvalue weighted by molar-refractivity contribution is -0.130. The Morgan fingerprint density at radius 1 is 0.864 bits per heavy atom. The molecule has 1 atom stereocenters. The summed E-state index contributed by atoms with van der Waals surface area (Å²) < 4.78 is 0. The Balaban J connectivity index is 1.47. The van der Waals surface area contributed by atoms with Crippen molar-refractivity contribution < 1.29 is 9.59 Å². The number of carbonyl (C=O) groups excluding carboxylic acids is 2. The lowest BCUT2D eigenvalue weighted by Gasteiger charge is -2.30. The van der Waals surface area contributed by atoms with Crippen LogP contribution in [-0.2, 0) is 4.79 Å². The zero-order chi connectivity index (χ0) is 15.4. The van der Waals surface area contributed by atoms with Gasteiger partial charge in [0.15, 0.2) is 0 Å². The summed E-state index contributed by atoms with van der Waals surface area (Å²) in [7, 11) is 0. The molecule has 3 aliphatic rings. The van der Waals surface area contributed by atoms with Gasteiger partial charge in [0.1, 0.15) is 0 Å². The van der Waals surface area contributed by atoms with Crippen molar-refractivity contribution in [1.82, 2.24) is 15.1 Å². The summed E-state index contributed by atoms with van der Waals surface area (Å²) in [6, 6.07) is 0.382. The van der Waals surface area contributed by atoms with Gasteiger partial charge in [-0.05, 0) is 50.9 Å². The van der Waals surface area contributed by atoms with Crippen LogP contribution in [0.3, 0.4) is 0 Å². The number of hydrogen-bond acceptors (Lipinski definition) is 2. The molecule has 0 bridgehead atoms. The van der Waals surface area contributed by atoms with Crippen LogP contribution in [0.15, 0.2) is 0 Å². The minimum absolute atomic E-state index is 0.0280. The quantitative estimate of drug-likeness (QED) is 0.870. The van der Waals surface area contributed by atoms with Gasteiger partial charge in [0, 0.05) is 25.7 Å². The van der Waals surface area contributed by atoms with E-state index in [-0.39, 0.29) is 18.5 Å². The third kappa shape index (κ3) is 3.55. The van der Waals surface area contributed by atoms with Crippen LogP contribution in [0.4, 0.5) is 4.79 Å². The molecule has 0 aromatic heterocycles. The molecule has 3 rings (SSSR count). The highest BCUT2D eigenvalue weighted by Crippen LogP contribution is 2.35. The van der Waals surface area contributed by atoms with E-state index in [2.05, 4.69) is 5.32 Å². The molecule has 1 N–H and O–H groups in total. The summed E-state index contributed by atoms with van der Waals surface area (Å²) in [6.45, 7) is 2.71. The minimum Gasteiger partial charge on any atom is -0.341 e. The zero-order valence-corrected chi connectivity index (χ0v) is 13.6. The number of piperidine rings is 1. The van der Waals surface area contributed by atoms with E-state index >= 15 is 0 Å². The van der Waals surface area contributed by atoms with Crippen molar-refractivity contribution in [2.24, 2.45) is 5.92 Å². The molecule has 1 saturated carbocycles. The van der Waals surface area contributed by atoms with Crippen molar-refractivity contribution >= 4 is 11.9 Å². The highest BCUT2D eigenvalue weighted by atomic mass is 16.2. The first-order chi connectivity index (χ1) is 10.8. The van der Waals surface area contributed by atoms with Gasteiger partial charge in [-0.1, -0.05) is 12.8 Å². The number of rotatable bonds is 3. The highest BCUT2D eigenvalue weighted by molar-refractivity contribution is 5.84. The number of urea groups is 1. The van der Waals surface area contributed by atoms with Gasteiger partial charge in [0.25, 0.3) is 0 Å². The maximum atomic E-state index is 12.4. The fraction of sp³-hybridized carbons (Fsp3) is 0.882. The molecule has 5 heteroatoms. The molecule has 5 nitrogen and oxygen atoms in total. The van der Waals surface area contributed by atoms with Crippen LogP contribution in [-0.4, -0.2) is 54.0 Å². The molecule has 0 radical (unpaired) electrons. The summed E-state index contributed by atoms with van der Waals surface area (Å²) >= 11 is 0. The maximum absolute atomic E-state index is 12.4. The van der Waals surface area contributed by atoms with Crippen molar-refractivity contribution in [3.8, 4) is 0 Å². The van der Waals surface area contributed by atoms with Crippen LogP contribution >= 0.6 is 0 Å². The van der Waals surface area contributed by atoms with Crippen molar-refractivity contribution in [1.29, 1.82) is 0 Å². The highest BCUT2D eigenvalue weighted by Gasteiger charge is 2.36. The number of likely N-dealkylation sites (tertiary alicyclic amines) is 2. The molecule has 2 aliphatic heterocycles. The van der Waals surface area contributed by atoms with Crippen molar-refractivity contribution in [2.45, 2.75) is 63.8 Å². The van der Waals surface area contributed by atoms with E-state index in [1.54, 1.807) is 0 Å². The maximum Gasteiger partial charge on any atom is 0.318 e. The molecular weight excluding hydrogens is 278 g/mol. The van der Waals surface area contributed by atoms with Crippen LogP contribution < -0.4 is 5.32 Å². The second kappa shape index (κ2) is 7.34. The van der Waals surface area contributed by atoms with E-state index in [9.17, 15) is 9.59 Å². The molecule has 0 spiro atoms. The molecule has 0 unspecified atom stereocenters. The van der Waals surface area contributed by atoms with Gasteiger partial charge in [-0.15, -0.1) is 0 Å². The van der Waals surface area contributed by atoms with Crippen LogP contribution in [0, 0.1) is 5.92 Å². The number of amides is 3. The first-order valence-corrected chi connectivity index (χ1v) is 9.08. The third-order valence-corrected chi connectivity index (χ3v) is 5.60. The van der Waals surface area contributed by atoms with E-state index in [1.807, 2.05) is 9.80 Å². The summed E-state index contributed by atoms with van der Waals surface area (Å²) in [5.74, 6) is 0.760. The number of nitrogens with one attached hydrogen (secondary N) is 1. The van der Waals surface area contributed by atoms with E-state index in [4.69, 9.17) is 0 Å². The van der Waals surface area contributed by atoms with Gasteiger partial charge in [-0.2, -0.15) is 0 Å². The molecule has 3 amide bonds. The first-order valence-electron chi connectivity index (χ1n) is 9.08. The van der Waals surface area contributed by atoms with Gasteiger partial charge in [-0.25, -0.2) is 4.79 Å². The van der Waals surface area contributed by atoms with Gasteiger partial charge < -0.3 is 15.1 Å². The molecule has 0 aromatic rings. The lowest BCUT2D eigenvalue weighted by atomic mass is 9.96. The predicted molar refractivity (Wildman–Crippen MR) is 85.5 cm³/mol. The second-order valence-corrected chi connectivity index (χ2v) is 7.05. The van der Waals surface area contributed by atoms with Gasteiger partial charge >= 0.3 is 6.03 Å². The average Bonchev–Trinajstić information content (AvgIpc) is 3.23. The Morgan fingerprint density at radius 3 is 2.32 bits per heavy atom. The summed E-state index contributed by atoms with van der Waals surface area (Å²) in [5, 5.41) is 2.87. The Hall–Kier alpha value is -1.26. The molecular formula is C17H29N3O2. The average molecular weight is 307 g/mol. The van der Waals surface area contributed by atoms with E-state index in [1.165, 1.54) is 32.1 Å². The number of carbonyl (C=O) groups is 2.